The molecule has 1 fully saturated rings. The van der Waals surface area contributed by atoms with E-state index < -0.39 is 5.97 Å². The molecule has 0 spiro atoms. The molecule has 18 heavy (non-hydrogen) atoms. The molecule has 1 aliphatic rings. The number of carboxylic acids is 1. The highest BCUT2D eigenvalue weighted by atomic mass is 35.5. The zero-order valence-corrected chi connectivity index (χ0v) is 11.8. The summed E-state index contributed by atoms with van der Waals surface area (Å²) in [6.07, 6.45) is 4.05. The van der Waals surface area contributed by atoms with Gasteiger partial charge < -0.3 is 10.4 Å². The summed E-state index contributed by atoms with van der Waals surface area (Å²) in [5, 5.41) is 15.2. The average Bonchev–Trinajstić information content (AvgIpc) is 2.75. The van der Waals surface area contributed by atoms with Gasteiger partial charge >= 0.3 is 5.97 Å². The van der Waals surface area contributed by atoms with E-state index in [-0.39, 0.29) is 11.8 Å². The fraction of sp³-hybridized carbons (Fsp3) is 0.615. The molecule has 100 valence electrons. The molecule has 0 amide bonds. The Labute approximate surface area is 116 Å². The van der Waals surface area contributed by atoms with Crippen LogP contribution in [-0.4, -0.2) is 17.6 Å². The van der Waals surface area contributed by atoms with E-state index in [0.29, 0.717) is 0 Å². The molecule has 0 radical (unpaired) electrons. The maximum absolute atomic E-state index is 11.2. The average molecular weight is 288 g/mol. The molecular weight excluding hydrogens is 270 g/mol. The standard InChI is InChI=1S/C13H18ClNO2S/c14-10-5-11(18-8-10)7-15-6-9-3-1-2-4-12(9)13(16)17/h5,8-9,12,15H,1-4,6-7H2,(H,16,17). The van der Waals surface area contributed by atoms with E-state index in [1.54, 1.807) is 11.3 Å². The van der Waals surface area contributed by atoms with Gasteiger partial charge in [-0.25, -0.2) is 0 Å². The summed E-state index contributed by atoms with van der Waals surface area (Å²) in [6.45, 7) is 1.56. The molecule has 1 heterocycles. The second-order valence-electron chi connectivity index (χ2n) is 4.85. The number of halogens is 1. The van der Waals surface area contributed by atoms with Crippen molar-refractivity contribution in [3.8, 4) is 0 Å². The van der Waals surface area contributed by atoms with Gasteiger partial charge in [-0.2, -0.15) is 0 Å². The Balaban J connectivity index is 1.79. The van der Waals surface area contributed by atoms with Crippen molar-refractivity contribution < 1.29 is 9.90 Å². The fourth-order valence-electron chi connectivity index (χ4n) is 2.60. The monoisotopic (exact) mass is 287 g/mol. The minimum absolute atomic E-state index is 0.168. The first-order chi connectivity index (χ1) is 8.66. The minimum atomic E-state index is -0.638. The normalized spacial score (nSPS) is 24.1. The number of rotatable bonds is 5. The summed E-state index contributed by atoms with van der Waals surface area (Å²) >= 11 is 7.49. The van der Waals surface area contributed by atoms with Crippen LogP contribution in [0.3, 0.4) is 0 Å². The van der Waals surface area contributed by atoms with E-state index in [4.69, 9.17) is 11.6 Å². The Morgan fingerprint density at radius 3 is 2.94 bits per heavy atom. The van der Waals surface area contributed by atoms with Crippen molar-refractivity contribution >= 4 is 28.9 Å². The van der Waals surface area contributed by atoms with Crippen molar-refractivity contribution in [1.29, 1.82) is 0 Å². The Kier molecular flexibility index (Phi) is 5.03. The zero-order chi connectivity index (χ0) is 13.0. The molecule has 0 aliphatic heterocycles. The van der Waals surface area contributed by atoms with Gasteiger partial charge in [0.2, 0.25) is 0 Å². The quantitative estimate of drug-likeness (QED) is 0.873. The van der Waals surface area contributed by atoms with Crippen LogP contribution in [0.2, 0.25) is 5.02 Å². The molecule has 0 bridgehead atoms. The molecule has 3 nitrogen and oxygen atoms in total. The lowest BCUT2D eigenvalue weighted by molar-refractivity contribution is -0.144. The second kappa shape index (κ2) is 6.55. The van der Waals surface area contributed by atoms with Gasteiger partial charge in [0.25, 0.3) is 0 Å². The van der Waals surface area contributed by atoms with Crippen molar-refractivity contribution in [1.82, 2.24) is 5.32 Å². The van der Waals surface area contributed by atoms with Gasteiger partial charge in [-0.05, 0) is 31.4 Å². The largest absolute Gasteiger partial charge is 0.481 e. The highest BCUT2D eigenvalue weighted by Gasteiger charge is 2.30. The molecule has 1 aliphatic carbocycles. The summed E-state index contributed by atoms with van der Waals surface area (Å²) in [5.41, 5.74) is 0. The zero-order valence-electron chi connectivity index (χ0n) is 10.2. The number of aliphatic carboxylic acids is 1. The molecule has 5 heteroatoms. The molecule has 2 N–H and O–H groups in total. The van der Waals surface area contributed by atoms with Crippen LogP contribution in [0.5, 0.6) is 0 Å². The van der Waals surface area contributed by atoms with Gasteiger partial charge in [-0.1, -0.05) is 24.4 Å². The maximum atomic E-state index is 11.2. The van der Waals surface area contributed by atoms with Gasteiger partial charge in [0.1, 0.15) is 0 Å². The summed E-state index contributed by atoms with van der Waals surface area (Å²) < 4.78 is 0. The molecular formula is C13H18ClNO2S. The Morgan fingerprint density at radius 2 is 2.28 bits per heavy atom. The van der Waals surface area contributed by atoms with E-state index in [0.717, 1.165) is 43.8 Å². The summed E-state index contributed by atoms with van der Waals surface area (Å²) in [6, 6.07) is 1.95. The number of nitrogens with one attached hydrogen (secondary N) is 1. The predicted octanol–water partition coefficient (Wildman–Crippen LogP) is 3.38. The van der Waals surface area contributed by atoms with Crippen LogP contribution in [0.4, 0.5) is 0 Å². The molecule has 2 atom stereocenters. The summed E-state index contributed by atoms with van der Waals surface area (Å²) in [5.74, 6) is -0.537. The van der Waals surface area contributed by atoms with E-state index >= 15 is 0 Å². The maximum Gasteiger partial charge on any atom is 0.306 e. The smallest absolute Gasteiger partial charge is 0.306 e. The number of carbonyl (C=O) groups is 1. The lowest BCUT2D eigenvalue weighted by Crippen LogP contribution is -2.34. The third-order valence-corrected chi connectivity index (χ3v) is 4.84. The third kappa shape index (κ3) is 3.70. The Hall–Kier alpha value is -0.580. The Bertz CT molecular complexity index is 407. The number of carboxylic acid groups (broad SMARTS) is 1. The van der Waals surface area contributed by atoms with Gasteiger partial charge in [0.15, 0.2) is 0 Å². The van der Waals surface area contributed by atoms with Crippen LogP contribution >= 0.6 is 22.9 Å². The molecule has 0 aromatic carbocycles. The molecule has 2 rings (SSSR count). The highest BCUT2D eigenvalue weighted by molar-refractivity contribution is 7.10. The van der Waals surface area contributed by atoms with E-state index in [1.807, 2.05) is 11.4 Å². The lowest BCUT2D eigenvalue weighted by atomic mass is 9.79. The molecule has 1 aromatic rings. The summed E-state index contributed by atoms with van der Waals surface area (Å²) in [4.78, 5) is 12.4. The summed E-state index contributed by atoms with van der Waals surface area (Å²) in [7, 11) is 0. The van der Waals surface area contributed by atoms with Crippen molar-refractivity contribution in [2.45, 2.75) is 32.2 Å². The van der Waals surface area contributed by atoms with Crippen LogP contribution in [0.1, 0.15) is 30.6 Å². The van der Waals surface area contributed by atoms with Crippen molar-refractivity contribution in [3.05, 3.63) is 21.3 Å². The minimum Gasteiger partial charge on any atom is -0.481 e. The van der Waals surface area contributed by atoms with Crippen LogP contribution in [0, 0.1) is 11.8 Å². The van der Waals surface area contributed by atoms with Crippen LogP contribution in [-0.2, 0) is 11.3 Å². The fourth-order valence-corrected chi connectivity index (χ4v) is 3.65. The SMILES string of the molecule is O=C(O)C1CCCCC1CNCc1cc(Cl)cs1. The van der Waals surface area contributed by atoms with Crippen LogP contribution in [0.15, 0.2) is 11.4 Å². The topological polar surface area (TPSA) is 49.3 Å². The first-order valence-corrected chi connectivity index (χ1v) is 7.59. The van der Waals surface area contributed by atoms with Crippen molar-refractivity contribution in [2.24, 2.45) is 11.8 Å². The third-order valence-electron chi connectivity index (χ3n) is 3.55. The highest BCUT2D eigenvalue weighted by Crippen LogP contribution is 2.30. The lowest BCUT2D eigenvalue weighted by Gasteiger charge is -2.28. The van der Waals surface area contributed by atoms with E-state index in [9.17, 15) is 9.90 Å². The molecule has 1 saturated carbocycles. The number of hydrogen-bond acceptors (Lipinski definition) is 3. The van der Waals surface area contributed by atoms with Gasteiger partial charge in [-0.3, -0.25) is 4.79 Å². The van der Waals surface area contributed by atoms with E-state index in [1.165, 1.54) is 4.88 Å². The van der Waals surface area contributed by atoms with Crippen LogP contribution < -0.4 is 5.32 Å². The second-order valence-corrected chi connectivity index (χ2v) is 6.28. The van der Waals surface area contributed by atoms with Gasteiger partial charge in [0, 0.05) is 16.8 Å². The molecule has 1 aromatic heterocycles. The van der Waals surface area contributed by atoms with Crippen LogP contribution in [0.25, 0.3) is 0 Å². The van der Waals surface area contributed by atoms with E-state index in [2.05, 4.69) is 5.32 Å². The van der Waals surface area contributed by atoms with Gasteiger partial charge in [0.05, 0.1) is 10.9 Å². The van der Waals surface area contributed by atoms with Gasteiger partial charge in [-0.15, -0.1) is 11.3 Å². The predicted molar refractivity (Wildman–Crippen MR) is 74.1 cm³/mol. The number of thiophene rings is 1. The number of hydrogen-bond donors (Lipinski definition) is 2. The van der Waals surface area contributed by atoms with Crippen molar-refractivity contribution in [2.75, 3.05) is 6.54 Å². The first-order valence-electron chi connectivity index (χ1n) is 6.33. The first kappa shape index (κ1) is 13.8. The molecule has 2 unspecified atom stereocenters. The molecule has 0 saturated heterocycles. The van der Waals surface area contributed by atoms with Crippen molar-refractivity contribution in [3.63, 3.8) is 0 Å². The Morgan fingerprint density at radius 1 is 1.50 bits per heavy atom.